The molecule has 0 bridgehead atoms. The molecular weight excluding hydrogens is 230 g/mol. The van der Waals surface area contributed by atoms with Gasteiger partial charge in [0.2, 0.25) is 5.78 Å². The normalized spacial score (nSPS) is 29.9. The highest BCUT2D eigenvalue weighted by Gasteiger charge is 2.39. The van der Waals surface area contributed by atoms with Crippen LogP contribution in [0.1, 0.15) is 32.1 Å². The first-order valence-electron chi connectivity index (χ1n) is 6.60. The number of ketones is 1. The Kier molecular flexibility index (Phi) is 3.97. The zero-order valence-corrected chi connectivity index (χ0v) is 10.5. The number of primary amides is 1. The molecular formula is C13H19N3O2. The van der Waals surface area contributed by atoms with Crippen LogP contribution >= 0.6 is 0 Å². The van der Waals surface area contributed by atoms with Gasteiger partial charge in [0, 0.05) is 17.9 Å². The third-order valence-electron chi connectivity index (χ3n) is 4.24. The zero-order valence-electron chi connectivity index (χ0n) is 10.5. The molecule has 1 saturated heterocycles. The van der Waals surface area contributed by atoms with Crippen molar-refractivity contribution in [2.24, 2.45) is 17.6 Å². The lowest BCUT2D eigenvalue weighted by Gasteiger charge is -2.36. The fourth-order valence-electron chi connectivity index (χ4n) is 3.23. The van der Waals surface area contributed by atoms with E-state index in [-0.39, 0.29) is 17.9 Å². The Morgan fingerprint density at radius 3 is 2.39 bits per heavy atom. The number of amides is 1. The molecule has 1 aliphatic heterocycles. The van der Waals surface area contributed by atoms with Crippen molar-refractivity contribution in [1.82, 2.24) is 4.90 Å². The second-order valence-corrected chi connectivity index (χ2v) is 5.27. The lowest BCUT2D eigenvalue weighted by molar-refractivity contribution is -0.139. The number of hydrogen-bond donors (Lipinski definition) is 1. The number of likely N-dealkylation sites (tertiary alicyclic amines) is 1. The van der Waals surface area contributed by atoms with E-state index in [1.54, 1.807) is 0 Å². The molecule has 2 N–H and O–H groups in total. The first-order chi connectivity index (χ1) is 8.63. The molecule has 0 radical (unpaired) electrons. The average Bonchev–Trinajstić information content (AvgIpc) is 2.87. The Labute approximate surface area is 107 Å². The molecule has 18 heavy (non-hydrogen) atoms. The summed E-state index contributed by atoms with van der Waals surface area (Å²) in [6.45, 7) is 1.71. The van der Waals surface area contributed by atoms with Crippen LogP contribution in [0.25, 0.3) is 0 Å². The highest BCUT2D eigenvalue weighted by atomic mass is 16.2. The van der Waals surface area contributed by atoms with Crippen LogP contribution in [0.3, 0.4) is 0 Å². The van der Waals surface area contributed by atoms with Crippen molar-refractivity contribution < 1.29 is 9.59 Å². The Morgan fingerprint density at radius 1 is 1.17 bits per heavy atom. The van der Waals surface area contributed by atoms with Crippen LogP contribution in [0.15, 0.2) is 0 Å². The summed E-state index contributed by atoms with van der Waals surface area (Å²) in [5.74, 6) is -1.30. The predicted molar refractivity (Wildman–Crippen MR) is 65.2 cm³/mol. The molecule has 2 rings (SSSR count). The van der Waals surface area contributed by atoms with Gasteiger partial charge in [-0.15, -0.1) is 0 Å². The summed E-state index contributed by atoms with van der Waals surface area (Å²) in [5.41, 5.74) is 5.10. The fraction of sp³-hybridized carbons (Fsp3) is 0.769. The molecule has 2 atom stereocenters. The maximum Gasteiger partial charge on any atom is 0.285 e. The number of rotatable bonds is 3. The van der Waals surface area contributed by atoms with Gasteiger partial charge in [-0.1, -0.05) is 6.42 Å². The van der Waals surface area contributed by atoms with Gasteiger partial charge < -0.3 is 5.73 Å². The second kappa shape index (κ2) is 5.49. The minimum atomic E-state index is -0.807. The molecule has 0 aromatic carbocycles. The SMILES string of the molecule is N#CC1CCN(C2CCCC2C(=O)C(N)=O)CC1. The summed E-state index contributed by atoms with van der Waals surface area (Å²) in [7, 11) is 0. The van der Waals surface area contributed by atoms with Crippen molar-refractivity contribution in [2.75, 3.05) is 13.1 Å². The van der Waals surface area contributed by atoms with E-state index in [1.165, 1.54) is 0 Å². The van der Waals surface area contributed by atoms with Gasteiger partial charge in [-0.3, -0.25) is 14.5 Å². The van der Waals surface area contributed by atoms with Gasteiger partial charge in [-0.25, -0.2) is 0 Å². The minimum Gasteiger partial charge on any atom is -0.363 e. The molecule has 1 aliphatic carbocycles. The van der Waals surface area contributed by atoms with Gasteiger partial charge in [0.1, 0.15) is 0 Å². The molecule has 98 valence electrons. The van der Waals surface area contributed by atoms with Crippen LogP contribution in [-0.2, 0) is 9.59 Å². The molecule has 5 nitrogen and oxygen atoms in total. The average molecular weight is 249 g/mol. The number of nitriles is 1. The maximum atomic E-state index is 11.8. The summed E-state index contributed by atoms with van der Waals surface area (Å²) in [6, 6.07) is 2.46. The quantitative estimate of drug-likeness (QED) is 0.735. The largest absolute Gasteiger partial charge is 0.363 e. The monoisotopic (exact) mass is 249 g/mol. The molecule has 0 aromatic heterocycles. The number of nitrogens with zero attached hydrogens (tertiary/aromatic N) is 2. The number of carbonyl (C=O) groups is 2. The van der Waals surface area contributed by atoms with Crippen LogP contribution in [0.4, 0.5) is 0 Å². The lowest BCUT2D eigenvalue weighted by Crippen LogP contribution is -2.46. The van der Waals surface area contributed by atoms with E-state index in [1.807, 2.05) is 0 Å². The molecule has 2 fully saturated rings. The van der Waals surface area contributed by atoms with Crippen molar-refractivity contribution in [2.45, 2.75) is 38.1 Å². The maximum absolute atomic E-state index is 11.8. The van der Waals surface area contributed by atoms with Gasteiger partial charge >= 0.3 is 0 Å². The van der Waals surface area contributed by atoms with Crippen LogP contribution in [0, 0.1) is 23.2 Å². The Balaban J connectivity index is 1.98. The lowest BCUT2D eigenvalue weighted by atomic mass is 9.92. The van der Waals surface area contributed by atoms with Crippen LogP contribution in [0.2, 0.25) is 0 Å². The Morgan fingerprint density at radius 2 is 1.83 bits per heavy atom. The first kappa shape index (κ1) is 13.0. The fourth-order valence-corrected chi connectivity index (χ4v) is 3.23. The van der Waals surface area contributed by atoms with Gasteiger partial charge in [0.05, 0.1) is 6.07 Å². The number of carbonyl (C=O) groups excluding carboxylic acids is 2. The van der Waals surface area contributed by atoms with Crippen molar-refractivity contribution in [1.29, 1.82) is 5.26 Å². The highest BCUT2D eigenvalue weighted by molar-refractivity contribution is 6.36. The molecule has 1 amide bonds. The first-order valence-corrected chi connectivity index (χ1v) is 6.60. The van der Waals surface area contributed by atoms with E-state index in [0.29, 0.717) is 0 Å². The Hall–Kier alpha value is -1.41. The summed E-state index contributed by atoms with van der Waals surface area (Å²) < 4.78 is 0. The molecule has 0 aromatic rings. The molecule has 5 heteroatoms. The summed E-state index contributed by atoms with van der Waals surface area (Å²) >= 11 is 0. The number of Topliss-reactive ketones (excluding diaryl/α,β-unsaturated/α-hetero) is 1. The van der Waals surface area contributed by atoms with E-state index < -0.39 is 11.7 Å². The van der Waals surface area contributed by atoms with Crippen LogP contribution < -0.4 is 5.73 Å². The third kappa shape index (κ3) is 2.54. The second-order valence-electron chi connectivity index (χ2n) is 5.27. The van der Waals surface area contributed by atoms with Gasteiger partial charge in [0.15, 0.2) is 0 Å². The Bertz CT molecular complexity index is 380. The highest BCUT2D eigenvalue weighted by Crippen LogP contribution is 2.33. The number of hydrogen-bond acceptors (Lipinski definition) is 4. The molecule has 1 saturated carbocycles. The molecule has 1 heterocycles. The van der Waals surface area contributed by atoms with Gasteiger partial charge in [-0.2, -0.15) is 5.26 Å². The van der Waals surface area contributed by atoms with Gasteiger partial charge in [-0.05, 0) is 38.8 Å². The molecule has 2 unspecified atom stereocenters. The predicted octanol–water partition coefficient (Wildman–Crippen LogP) is 0.445. The van der Waals surface area contributed by atoms with Crippen molar-refractivity contribution >= 4 is 11.7 Å². The third-order valence-corrected chi connectivity index (χ3v) is 4.24. The standard InChI is InChI=1S/C13H19N3O2/c14-8-9-4-6-16(7-5-9)11-3-1-2-10(11)12(17)13(15)18/h9-11H,1-7H2,(H2,15,18). The van der Waals surface area contributed by atoms with E-state index in [9.17, 15) is 9.59 Å². The number of piperidine rings is 1. The van der Waals surface area contributed by atoms with E-state index in [0.717, 1.165) is 45.2 Å². The molecule has 2 aliphatic rings. The summed E-state index contributed by atoms with van der Waals surface area (Å²) in [6.07, 6.45) is 4.44. The van der Waals surface area contributed by atoms with E-state index in [2.05, 4.69) is 11.0 Å². The van der Waals surface area contributed by atoms with Crippen molar-refractivity contribution in [3.8, 4) is 6.07 Å². The van der Waals surface area contributed by atoms with Gasteiger partial charge in [0.25, 0.3) is 5.91 Å². The zero-order chi connectivity index (χ0) is 13.1. The topological polar surface area (TPSA) is 87.2 Å². The summed E-state index contributed by atoms with van der Waals surface area (Å²) in [5, 5.41) is 8.87. The van der Waals surface area contributed by atoms with E-state index in [4.69, 9.17) is 11.0 Å². The van der Waals surface area contributed by atoms with E-state index >= 15 is 0 Å². The molecule has 0 spiro atoms. The number of nitrogens with two attached hydrogens (primary N) is 1. The summed E-state index contributed by atoms with van der Waals surface area (Å²) in [4.78, 5) is 25.1. The minimum absolute atomic E-state index is 0.146. The van der Waals surface area contributed by atoms with Crippen LogP contribution in [-0.4, -0.2) is 35.7 Å². The van der Waals surface area contributed by atoms with Crippen molar-refractivity contribution in [3.05, 3.63) is 0 Å². The van der Waals surface area contributed by atoms with Crippen LogP contribution in [0.5, 0.6) is 0 Å². The smallest absolute Gasteiger partial charge is 0.285 e. The van der Waals surface area contributed by atoms with Crippen molar-refractivity contribution in [3.63, 3.8) is 0 Å².